The lowest BCUT2D eigenvalue weighted by atomic mass is 10.3. The second-order valence-corrected chi connectivity index (χ2v) is 4.82. The van der Waals surface area contributed by atoms with Gasteiger partial charge in [0.25, 0.3) is 0 Å². The first-order chi connectivity index (χ1) is 8.52. The summed E-state index contributed by atoms with van der Waals surface area (Å²) < 4.78 is 13.3. The van der Waals surface area contributed by atoms with Crippen molar-refractivity contribution in [2.75, 3.05) is 5.43 Å². The zero-order valence-corrected chi connectivity index (χ0v) is 11.7. The van der Waals surface area contributed by atoms with E-state index in [9.17, 15) is 4.39 Å². The highest BCUT2D eigenvalue weighted by Crippen LogP contribution is 2.39. The Kier molecular flexibility index (Phi) is 4.17. The molecule has 0 bridgehead atoms. The van der Waals surface area contributed by atoms with Gasteiger partial charge in [0, 0.05) is 0 Å². The van der Waals surface area contributed by atoms with Crippen molar-refractivity contribution < 1.29 is 4.39 Å². The van der Waals surface area contributed by atoms with Gasteiger partial charge in [-0.3, -0.25) is 5.43 Å². The summed E-state index contributed by atoms with van der Waals surface area (Å²) in [4.78, 5) is 0. The lowest BCUT2D eigenvalue weighted by Gasteiger charge is -2.03. The van der Waals surface area contributed by atoms with Gasteiger partial charge >= 0.3 is 0 Å². The quantitative estimate of drug-likeness (QED) is 0.761. The number of hydrogen-bond acceptors (Lipinski definition) is 2. The molecular weight excluding hydrogens is 321 g/mol. The Balaban J connectivity index is 2.30. The van der Waals surface area contributed by atoms with Crippen LogP contribution in [0, 0.1) is 5.82 Å². The third-order valence-electron chi connectivity index (χ3n) is 2.16. The summed E-state index contributed by atoms with van der Waals surface area (Å²) in [6.45, 7) is 0. The molecule has 7 heteroatoms. The molecule has 0 amide bonds. The van der Waals surface area contributed by atoms with Gasteiger partial charge in [-0.2, -0.15) is 5.10 Å². The summed E-state index contributed by atoms with van der Waals surface area (Å²) in [6.07, 6.45) is 0. The molecule has 1 N–H and O–H groups in total. The third-order valence-corrected chi connectivity index (χ3v) is 3.94. The van der Waals surface area contributed by atoms with Crippen molar-refractivity contribution in [1.82, 2.24) is 0 Å². The van der Waals surface area contributed by atoms with E-state index in [1.165, 1.54) is 12.1 Å². The number of nitrogens with zero attached hydrogens (tertiary/aromatic N) is 1. The average Bonchev–Trinajstić information content (AvgIpc) is 2.54. The maximum Gasteiger partial charge on any atom is 0.148 e. The molecule has 0 fully saturated rings. The normalized spacial score (nSPS) is 15.5. The molecule has 1 aromatic carbocycles. The second kappa shape index (κ2) is 5.49. The van der Waals surface area contributed by atoms with Crippen LogP contribution in [-0.2, 0) is 0 Å². The topological polar surface area (TPSA) is 24.4 Å². The molecule has 0 aromatic heterocycles. The van der Waals surface area contributed by atoms with Gasteiger partial charge in [0.2, 0.25) is 0 Å². The first-order valence-electron chi connectivity index (χ1n) is 4.72. The van der Waals surface area contributed by atoms with Crippen LogP contribution in [0.5, 0.6) is 0 Å². The number of rotatable bonds is 2. The van der Waals surface area contributed by atoms with E-state index in [1.54, 1.807) is 12.1 Å². The van der Waals surface area contributed by atoms with E-state index < -0.39 is 5.82 Å². The summed E-state index contributed by atoms with van der Waals surface area (Å²) in [7, 11) is 0. The lowest BCUT2D eigenvalue weighted by Crippen LogP contribution is -2.01. The predicted molar refractivity (Wildman–Crippen MR) is 74.9 cm³/mol. The smallest absolute Gasteiger partial charge is 0.148 e. The standard InChI is InChI=1S/C11H5Cl4FN2/c12-7-8(13)10(15)11(9(7)14)18-17-6-4-2-1-3-5(6)16/h1-4,17H. The van der Waals surface area contributed by atoms with Gasteiger partial charge in [0.05, 0.1) is 25.8 Å². The second-order valence-electron chi connectivity index (χ2n) is 3.31. The monoisotopic (exact) mass is 324 g/mol. The van der Waals surface area contributed by atoms with E-state index in [0.717, 1.165) is 0 Å². The third kappa shape index (κ3) is 2.50. The highest BCUT2D eigenvalue weighted by Gasteiger charge is 2.26. The summed E-state index contributed by atoms with van der Waals surface area (Å²) in [5, 5.41) is 4.38. The minimum absolute atomic E-state index is 0.121. The molecular formula is C11H5Cl4FN2. The molecule has 1 aromatic rings. The van der Waals surface area contributed by atoms with E-state index in [0.29, 0.717) is 0 Å². The van der Waals surface area contributed by atoms with E-state index in [1.807, 2.05) is 0 Å². The average molecular weight is 326 g/mol. The van der Waals surface area contributed by atoms with Gasteiger partial charge in [0.1, 0.15) is 11.5 Å². The van der Waals surface area contributed by atoms with Crippen LogP contribution in [-0.4, -0.2) is 5.71 Å². The molecule has 0 atom stereocenters. The van der Waals surface area contributed by atoms with Gasteiger partial charge < -0.3 is 0 Å². The first-order valence-corrected chi connectivity index (χ1v) is 6.23. The van der Waals surface area contributed by atoms with Gasteiger partial charge in [-0.05, 0) is 12.1 Å². The SMILES string of the molecule is Fc1ccccc1NN=C1C(Cl)=C(Cl)C(Cl)=C1Cl. The van der Waals surface area contributed by atoms with Crippen molar-refractivity contribution in [3.63, 3.8) is 0 Å². The number of allylic oxidation sites excluding steroid dienone is 4. The van der Waals surface area contributed by atoms with Crippen LogP contribution >= 0.6 is 46.4 Å². The minimum atomic E-state index is -0.447. The fraction of sp³-hybridized carbons (Fsp3) is 0. The summed E-state index contributed by atoms with van der Waals surface area (Å²) in [6, 6.07) is 6.05. The highest BCUT2D eigenvalue weighted by molar-refractivity contribution is 6.66. The van der Waals surface area contributed by atoms with Crippen molar-refractivity contribution in [3.8, 4) is 0 Å². The number of anilines is 1. The molecule has 0 aliphatic heterocycles. The lowest BCUT2D eigenvalue weighted by molar-refractivity contribution is 0.630. The summed E-state index contributed by atoms with van der Waals surface area (Å²) in [5.74, 6) is -0.447. The Morgan fingerprint density at radius 2 is 1.44 bits per heavy atom. The summed E-state index contributed by atoms with van der Waals surface area (Å²) >= 11 is 23.4. The highest BCUT2D eigenvalue weighted by atomic mass is 35.5. The van der Waals surface area contributed by atoms with Gasteiger partial charge in [-0.1, -0.05) is 58.5 Å². The summed E-state index contributed by atoms with van der Waals surface area (Å²) in [5.41, 5.74) is 2.89. The fourth-order valence-corrected chi connectivity index (χ4v) is 2.24. The molecule has 94 valence electrons. The first kappa shape index (κ1) is 13.7. The number of hydrazone groups is 1. The van der Waals surface area contributed by atoms with Crippen molar-refractivity contribution in [1.29, 1.82) is 0 Å². The Hall–Kier alpha value is -0.740. The number of halogens is 5. The zero-order chi connectivity index (χ0) is 13.3. The van der Waals surface area contributed by atoms with Crippen LogP contribution in [0.1, 0.15) is 0 Å². The molecule has 2 nitrogen and oxygen atoms in total. The molecule has 2 rings (SSSR count). The largest absolute Gasteiger partial charge is 0.275 e. The molecule has 0 radical (unpaired) electrons. The molecule has 18 heavy (non-hydrogen) atoms. The van der Waals surface area contributed by atoms with Crippen LogP contribution < -0.4 is 5.43 Å². The van der Waals surface area contributed by atoms with Crippen molar-refractivity contribution >= 4 is 57.8 Å². The Morgan fingerprint density at radius 1 is 0.889 bits per heavy atom. The molecule has 0 saturated carbocycles. The molecule has 0 saturated heterocycles. The maximum absolute atomic E-state index is 13.3. The van der Waals surface area contributed by atoms with Crippen LogP contribution in [0.4, 0.5) is 10.1 Å². The molecule has 0 unspecified atom stereocenters. The van der Waals surface area contributed by atoms with Crippen LogP contribution in [0.2, 0.25) is 0 Å². The van der Waals surface area contributed by atoms with E-state index in [4.69, 9.17) is 46.4 Å². The molecule has 1 aliphatic rings. The van der Waals surface area contributed by atoms with Crippen LogP contribution in [0.3, 0.4) is 0 Å². The fourth-order valence-electron chi connectivity index (χ4n) is 1.26. The Labute approximate surface area is 123 Å². The van der Waals surface area contributed by atoms with Crippen molar-refractivity contribution in [3.05, 3.63) is 50.2 Å². The zero-order valence-electron chi connectivity index (χ0n) is 8.65. The number of para-hydroxylation sites is 1. The molecule has 0 spiro atoms. The van der Waals surface area contributed by atoms with E-state index >= 15 is 0 Å². The van der Waals surface area contributed by atoms with Crippen molar-refractivity contribution in [2.24, 2.45) is 5.10 Å². The number of hydrogen-bond donors (Lipinski definition) is 1. The van der Waals surface area contributed by atoms with Crippen molar-refractivity contribution in [2.45, 2.75) is 0 Å². The minimum Gasteiger partial charge on any atom is -0.275 e. The Bertz CT molecular complexity index is 566. The van der Waals surface area contributed by atoms with Gasteiger partial charge in [-0.15, -0.1) is 0 Å². The predicted octanol–water partition coefficient (Wildman–Crippen LogP) is 4.99. The van der Waals surface area contributed by atoms with E-state index in [2.05, 4.69) is 10.5 Å². The number of benzene rings is 1. The van der Waals surface area contributed by atoms with Gasteiger partial charge in [0.15, 0.2) is 0 Å². The Morgan fingerprint density at radius 3 is 2.00 bits per heavy atom. The molecule has 0 heterocycles. The number of nitrogens with one attached hydrogen (secondary N) is 1. The van der Waals surface area contributed by atoms with E-state index in [-0.39, 0.29) is 31.5 Å². The van der Waals surface area contributed by atoms with Crippen LogP contribution in [0.25, 0.3) is 0 Å². The molecule has 1 aliphatic carbocycles. The van der Waals surface area contributed by atoms with Crippen LogP contribution in [0.15, 0.2) is 49.5 Å². The maximum atomic E-state index is 13.3. The van der Waals surface area contributed by atoms with Gasteiger partial charge in [-0.25, -0.2) is 4.39 Å².